The minimum atomic E-state index is 0.911. The summed E-state index contributed by atoms with van der Waals surface area (Å²) in [6.07, 6.45) is 5.75. The van der Waals surface area contributed by atoms with E-state index in [0.717, 1.165) is 30.2 Å². The molecule has 3 atom stereocenters. The lowest BCUT2D eigenvalue weighted by Gasteiger charge is -2.35. The van der Waals surface area contributed by atoms with E-state index in [-0.39, 0.29) is 0 Å². The first-order valence-corrected chi connectivity index (χ1v) is 6.84. The molecule has 0 spiro atoms. The fraction of sp³-hybridized carbons (Fsp3) is 1.00. The van der Waals surface area contributed by atoms with Crippen molar-refractivity contribution in [2.24, 2.45) is 23.7 Å². The molecule has 0 saturated heterocycles. The zero-order valence-electron chi connectivity index (χ0n) is 11.1. The van der Waals surface area contributed by atoms with E-state index in [1.807, 2.05) is 0 Å². The van der Waals surface area contributed by atoms with Crippen molar-refractivity contribution in [1.29, 1.82) is 0 Å². The predicted molar refractivity (Wildman–Crippen MR) is 68.0 cm³/mol. The van der Waals surface area contributed by atoms with Crippen LogP contribution in [0.3, 0.4) is 0 Å². The normalized spacial score (nSPS) is 34.0. The number of hydrogen-bond acceptors (Lipinski definition) is 1. The molecule has 0 amide bonds. The Morgan fingerprint density at radius 1 is 1.13 bits per heavy atom. The third-order valence-corrected chi connectivity index (χ3v) is 4.05. The Bertz CT molecular complexity index is 157. The van der Waals surface area contributed by atoms with Gasteiger partial charge in [0.1, 0.15) is 0 Å². The molecule has 1 fully saturated rings. The molecular weight excluding hydrogens is 182 g/mol. The van der Waals surface area contributed by atoms with Crippen molar-refractivity contribution in [2.45, 2.75) is 53.4 Å². The van der Waals surface area contributed by atoms with Crippen molar-refractivity contribution in [3.05, 3.63) is 0 Å². The monoisotopic (exact) mass is 211 g/mol. The van der Waals surface area contributed by atoms with Gasteiger partial charge in [0.25, 0.3) is 0 Å². The molecule has 1 aliphatic rings. The highest BCUT2D eigenvalue weighted by Crippen LogP contribution is 2.37. The van der Waals surface area contributed by atoms with Crippen molar-refractivity contribution in [3.8, 4) is 0 Å². The highest BCUT2D eigenvalue weighted by Gasteiger charge is 2.27. The Morgan fingerprint density at radius 3 is 2.27 bits per heavy atom. The fourth-order valence-electron chi connectivity index (χ4n) is 3.22. The Labute approximate surface area is 96.0 Å². The van der Waals surface area contributed by atoms with Gasteiger partial charge >= 0.3 is 0 Å². The van der Waals surface area contributed by atoms with Gasteiger partial charge in [-0.3, -0.25) is 0 Å². The smallest absolute Gasteiger partial charge is 0.00464 e. The largest absolute Gasteiger partial charge is 0.317 e. The molecule has 1 heteroatoms. The molecule has 1 rings (SSSR count). The summed E-state index contributed by atoms with van der Waals surface area (Å²) in [4.78, 5) is 0. The molecule has 0 radical (unpaired) electrons. The second-order valence-corrected chi connectivity index (χ2v) is 5.80. The van der Waals surface area contributed by atoms with Crippen molar-refractivity contribution in [3.63, 3.8) is 0 Å². The molecule has 0 bridgehead atoms. The quantitative estimate of drug-likeness (QED) is 0.684. The van der Waals surface area contributed by atoms with Crippen LogP contribution in [0.5, 0.6) is 0 Å². The van der Waals surface area contributed by atoms with E-state index < -0.39 is 0 Å². The maximum absolute atomic E-state index is 3.44. The highest BCUT2D eigenvalue weighted by molar-refractivity contribution is 4.78. The van der Waals surface area contributed by atoms with Gasteiger partial charge in [0.2, 0.25) is 0 Å². The van der Waals surface area contributed by atoms with E-state index in [0.29, 0.717) is 0 Å². The average Bonchev–Trinajstić information content (AvgIpc) is 2.16. The van der Waals surface area contributed by atoms with E-state index in [4.69, 9.17) is 0 Å². The average molecular weight is 211 g/mol. The van der Waals surface area contributed by atoms with Gasteiger partial charge in [-0.15, -0.1) is 0 Å². The predicted octanol–water partition coefficient (Wildman–Crippen LogP) is 3.69. The summed E-state index contributed by atoms with van der Waals surface area (Å²) in [5, 5.41) is 3.44. The zero-order valence-corrected chi connectivity index (χ0v) is 11.1. The van der Waals surface area contributed by atoms with E-state index in [9.17, 15) is 0 Å². The van der Waals surface area contributed by atoms with Gasteiger partial charge < -0.3 is 5.32 Å². The first-order chi connectivity index (χ1) is 7.13. The molecular formula is C14H29N. The van der Waals surface area contributed by atoms with E-state index in [1.165, 1.54) is 32.2 Å². The Kier molecular flexibility index (Phi) is 5.66. The third kappa shape index (κ3) is 4.55. The SMILES string of the molecule is CCNCCC(C)C1CC(C)CC(C)C1. The van der Waals surface area contributed by atoms with Crippen LogP contribution in [-0.2, 0) is 0 Å². The summed E-state index contributed by atoms with van der Waals surface area (Å²) in [7, 11) is 0. The summed E-state index contributed by atoms with van der Waals surface area (Å²) in [6, 6.07) is 0. The topological polar surface area (TPSA) is 12.0 Å². The molecule has 0 aromatic rings. The minimum Gasteiger partial charge on any atom is -0.317 e. The zero-order chi connectivity index (χ0) is 11.3. The van der Waals surface area contributed by atoms with Crippen molar-refractivity contribution >= 4 is 0 Å². The van der Waals surface area contributed by atoms with Crippen LogP contribution in [0.1, 0.15) is 53.4 Å². The maximum Gasteiger partial charge on any atom is -0.00464 e. The van der Waals surface area contributed by atoms with Gasteiger partial charge in [-0.25, -0.2) is 0 Å². The van der Waals surface area contributed by atoms with Gasteiger partial charge in [-0.05, 0) is 62.4 Å². The van der Waals surface area contributed by atoms with Crippen molar-refractivity contribution < 1.29 is 0 Å². The molecule has 1 N–H and O–H groups in total. The molecule has 0 aromatic heterocycles. The standard InChI is InChI=1S/C14H29N/c1-5-15-7-6-13(4)14-9-11(2)8-12(3)10-14/h11-15H,5-10H2,1-4H3. The van der Waals surface area contributed by atoms with Crippen LogP contribution in [-0.4, -0.2) is 13.1 Å². The fourth-order valence-corrected chi connectivity index (χ4v) is 3.22. The lowest BCUT2D eigenvalue weighted by molar-refractivity contribution is 0.163. The summed E-state index contributed by atoms with van der Waals surface area (Å²) in [5.74, 6) is 3.82. The van der Waals surface area contributed by atoms with Crippen molar-refractivity contribution in [2.75, 3.05) is 13.1 Å². The molecule has 0 aromatic carbocycles. The second-order valence-electron chi connectivity index (χ2n) is 5.80. The second kappa shape index (κ2) is 6.52. The lowest BCUT2D eigenvalue weighted by atomic mass is 9.71. The van der Waals surface area contributed by atoms with Crippen LogP contribution in [0.25, 0.3) is 0 Å². The molecule has 3 unspecified atom stereocenters. The molecule has 1 nitrogen and oxygen atoms in total. The van der Waals surface area contributed by atoms with Gasteiger partial charge in [-0.2, -0.15) is 0 Å². The van der Waals surface area contributed by atoms with Crippen LogP contribution in [0.15, 0.2) is 0 Å². The first kappa shape index (κ1) is 13.0. The molecule has 1 aliphatic carbocycles. The Balaban J connectivity index is 2.28. The molecule has 15 heavy (non-hydrogen) atoms. The van der Waals surface area contributed by atoms with E-state index in [1.54, 1.807) is 0 Å². The van der Waals surface area contributed by atoms with Gasteiger partial charge in [0, 0.05) is 0 Å². The number of nitrogens with one attached hydrogen (secondary N) is 1. The van der Waals surface area contributed by atoms with Crippen molar-refractivity contribution in [1.82, 2.24) is 5.32 Å². The van der Waals surface area contributed by atoms with Crippen LogP contribution >= 0.6 is 0 Å². The first-order valence-electron chi connectivity index (χ1n) is 6.84. The van der Waals surface area contributed by atoms with Crippen LogP contribution < -0.4 is 5.32 Å². The number of hydrogen-bond donors (Lipinski definition) is 1. The number of rotatable bonds is 5. The molecule has 0 heterocycles. The van der Waals surface area contributed by atoms with Crippen LogP contribution in [0.4, 0.5) is 0 Å². The summed E-state index contributed by atoms with van der Waals surface area (Å²) < 4.78 is 0. The molecule has 1 saturated carbocycles. The third-order valence-electron chi connectivity index (χ3n) is 4.05. The Hall–Kier alpha value is -0.0400. The van der Waals surface area contributed by atoms with Gasteiger partial charge in [0.15, 0.2) is 0 Å². The summed E-state index contributed by atoms with van der Waals surface area (Å²) in [6.45, 7) is 11.8. The van der Waals surface area contributed by atoms with Crippen LogP contribution in [0.2, 0.25) is 0 Å². The minimum absolute atomic E-state index is 0.911. The summed E-state index contributed by atoms with van der Waals surface area (Å²) in [5.41, 5.74) is 0. The van der Waals surface area contributed by atoms with E-state index >= 15 is 0 Å². The van der Waals surface area contributed by atoms with Gasteiger partial charge in [-0.1, -0.05) is 27.7 Å². The molecule has 0 aliphatic heterocycles. The van der Waals surface area contributed by atoms with Crippen LogP contribution in [0, 0.1) is 23.7 Å². The highest BCUT2D eigenvalue weighted by atomic mass is 14.8. The van der Waals surface area contributed by atoms with E-state index in [2.05, 4.69) is 33.0 Å². The molecule has 90 valence electrons. The maximum atomic E-state index is 3.44. The van der Waals surface area contributed by atoms with Gasteiger partial charge in [0.05, 0.1) is 0 Å². The summed E-state index contributed by atoms with van der Waals surface area (Å²) >= 11 is 0. The Morgan fingerprint density at radius 2 is 1.73 bits per heavy atom. The lowest BCUT2D eigenvalue weighted by Crippen LogP contribution is -2.27.